The number of aryl methyl sites for hydroxylation is 2. The molecule has 0 radical (unpaired) electrons. The normalized spacial score (nSPS) is 10.7. The number of pyridine rings is 1. The second-order valence-corrected chi connectivity index (χ2v) is 5.09. The van der Waals surface area contributed by atoms with Gasteiger partial charge in [-0.2, -0.15) is 0 Å². The fourth-order valence-electron chi connectivity index (χ4n) is 2.55. The summed E-state index contributed by atoms with van der Waals surface area (Å²) in [5.74, 6) is 0.0288. The van der Waals surface area contributed by atoms with Gasteiger partial charge in [0.05, 0.1) is 5.52 Å². The van der Waals surface area contributed by atoms with E-state index in [-0.39, 0.29) is 5.78 Å². The summed E-state index contributed by atoms with van der Waals surface area (Å²) in [6, 6.07) is 15.5. The van der Waals surface area contributed by atoms with E-state index >= 15 is 0 Å². The Bertz CT molecular complexity index is 780. The highest BCUT2D eigenvalue weighted by atomic mass is 16.1. The maximum absolute atomic E-state index is 12.7. The molecule has 0 aliphatic rings. The van der Waals surface area contributed by atoms with Gasteiger partial charge in [-0.25, -0.2) is 0 Å². The number of rotatable bonds is 2. The van der Waals surface area contributed by atoms with E-state index in [4.69, 9.17) is 0 Å². The summed E-state index contributed by atoms with van der Waals surface area (Å²) in [5, 5.41) is 0.989. The molecule has 98 valence electrons. The van der Waals surface area contributed by atoms with Crippen molar-refractivity contribution in [3.05, 3.63) is 77.0 Å². The zero-order chi connectivity index (χ0) is 14.1. The summed E-state index contributed by atoms with van der Waals surface area (Å²) < 4.78 is 0. The van der Waals surface area contributed by atoms with Gasteiger partial charge in [-0.3, -0.25) is 9.78 Å². The van der Waals surface area contributed by atoms with E-state index in [0.29, 0.717) is 5.56 Å². The monoisotopic (exact) mass is 261 g/mol. The minimum absolute atomic E-state index is 0.0288. The third kappa shape index (κ3) is 2.21. The van der Waals surface area contributed by atoms with Crippen molar-refractivity contribution >= 4 is 16.7 Å². The van der Waals surface area contributed by atoms with Crippen molar-refractivity contribution in [2.75, 3.05) is 0 Å². The summed E-state index contributed by atoms with van der Waals surface area (Å²) in [6.07, 6.45) is 1.72. The highest BCUT2D eigenvalue weighted by Gasteiger charge is 2.13. The first-order valence-electron chi connectivity index (χ1n) is 6.62. The highest BCUT2D eigenvalue weighted by molar-refractivity contribution is 6.15. The predicted molar refractivity (Wildman–Crippen MR) is 81.1 cm³/mol. The van der Waals surface area contributed by atoms with Crippen LogP contribution in [0.3, 0.4) is 0 Å². The zero-order valence-electron chi connectivity index (χ0n) is 11.6. The lowest BCUT2D eigenvalue weighted by atomic mass is 9.97. The van der Waals surface area contributed by atoms with Crippen LogP contribution in [0.25, 0.3) is 10.9 Å². The van der Waals surface area contributed by atoms with Crippen LogP contribution < -0.4 is 0 Å². The molecule has 20 heavy (non-hydrogen) atoms. The van der Waals surface area contributed by atoms with Crippen LogP contribution in [0.15, 0.2) is 54.7 Å². The topological polar surface area (TPSA) is 30.0 Å². The quantitative estimate of drug-likeness (QED) is 0.650. The van der Waals surface area contributed by atoms with Gasteiger partial charge in [-0.05, 0) is 38.1 Å². The smallest absolute Gasteiger partial charge is 0.195 e. The van der Waals surface area contributed by atoms with Gasteiger partial charge in [0.15, 0.2) is 5.78 Å². The summed E-state index contributed by atoms with van der Waals surface area (Å²) in [4.78, 5) is 17.1. The average Bonchev–Trinajstić information content (AvgIpc) is 2.45. The Morgan fingerprint density at radius 2 is 1.65 bits per heavy atom. The third-order valence-electron chi connectivity index (χ3n) is 3.36. The van der Waals surface area contributed by atoms with Gasteiger partial charge in [-0.1, -0.05) is 35.4 Å². The number of fused-ring (bicyclic) bond motifs is 1. The number of hydrogen-bond acceptors (Lipinski definition) is 2. The number of para-hydroxylation sites is 1. The highest BCUT2D eigenvalue weighted by Crippen LogP contribution is 2.20. The largest absolute Gasteiger partial charge is 0.289 e. The Hall–Kier alpha value is -2.48. The average molecular weight is 261 g/mol. The number of hydrogen-bond donors (Lipinski definition) is 0. The van der Waals surface area contributed by atoms with E-state index in [1.165, 1.54) is 0 Å². The van der Waals surface area contributed by atoms with Crippen molar-refractivity contribution in [3.63, 3.8) is 0 Å². The van der Waals surface area contributed by atoms with Gasteiger partial charge in [0.2, 0.25) is 0 Å². The van der Waals surface area contributed by atoms with Crippen LogP contribution in [-0.2, 0) is 0 Å². The Morgan fingerprint density at radius 1 is 0.950 bits per heavy atom. The van der Waals surface area contributed by atoms with Crippen molar-refractivity contribution in [3.8, 4) is 0 Å². The van der Waals surface area contributed by atoms with Gasteiger partial charge in [0, 0.05) is 22.7 Å². The molecule has 0 saturated heterocycles. The Labute approximate surface area is 118 Å². The maximum Gasteiger partial charge on any atom is 0.195 e. The van der Waals surface area contributed by atoms with Gasteiger partial charge in [0.1, 0.15) is 0 Å². The van der Waals surface area contributed by atoms with E-state index in [9.17, 15) is 4.79 Å². The molecule has 2 heteroatoms. The molecule has 1 heterocycles. The predicted octanol–water partition coefficient (Wildman–Crippen LogP) is 4.08. The van der Waals surface area contributed by atoms with E-state index in [1.54, 1.807) is 6.20 Å². The molecule has 0 atom stereocenters. The van der Waals surface area contributed by atoms with Crippen LogP contribution in [0.2, 0.25) is 0 Å². The van der Waals surface area contributed by atoms with Crippen molar-refractivity contribution in [2.24, 2.45) is 0 Å². The fraction of sp³-hybridized carbons (Fsp3) is 0.111. The van der Waals surface area contributed by atoms with Gasteiger partial charge >= 0.3 is 0 Å². The number of carbonyl (C=O) groups is 1. The van der Waals surface area contributed by atoms with Gasteiger partial charge in [0.25, 0.3) is 0 Å². The summed E-state index contributed by atoms with van der Waals surface area (Å²) >= 11 is 0. The summed E-state index contributed by atoms with van der Waals surface area (Å²) in [5.41, 5.74) is 4.34. The molecule has 0 spiro atoms. The van der Waals surface area contributed by atoms with Crippen molar-refractivity contribution in [1.82, 2.24) is 4.98 Å². The Balaban J connectivity index is 2.17. The third-order valence-corrected chi connectivity index (χ3v) is 3.36. The summed E-state index contributed by atoms with van der Waals surface area (Å²) in [6.45, 7) is 4.01. The standard InChI is InChI=1S/C18H15NO/c1-12-9-13(2)11-15(10-12)18(20)16-7-3-5-14-6-4-8-19-17(14)16/h3-11H,1-2H3. The van der Waals surface area contributed by atoms with E-state index in [1.807, 2.05) is 56.3 Å². The van der Waals surface area contributed by atoms with E-state index in [2.05, 4.69) is 11.1 Å². The van der Waals surface area contributed by atoms with Crippen molar-refractivity contribution in [1.29, 1.82) is 0 Å². The second-order valence-electron chi connectivity index (χ2n) is 5.09. The van der Waals surface area contributed by atoms with Crippen molar-refractivity contribution < 1.29 is 4.79 Å². The first-order chi connectivity index (χ1) is 9.65. The van der Waals surface area contributed by atoms with Gasteiger partial charge < -0.3 is 0 Å². The number of benzene rings is 2. The maximum atomic E-state index is 12.7. The molecular formula is C18H15NO. The molecule has 0 fully saturated rings. The van der Waals surface area contributed by atoms with Crippen LogP contribution >= 0.6 is 0 Å². The fourth-order valence-corrected chi connectivity index (χ4v) is 2.55. The first kappa shape index (κ1) is 12.5. The minimum atomic E-state index is 0.0288. The molecular weight excluding hydrogens is 246 g/mol. The van der Waals surface area contributed by atoms with Crippen LogP contribution in [0.4, 0.5) is 0 Å². The molecule has 0 aliphatic heterocycles. The molecule has 3 aromatic rings. The van der Waals surface area contributed by atoms with E-state index < -0.39 is 0 Å². The number of carbonyl (C=O) groups excluding carboxylic acids is 1. The lowest BCUT2D eigenvalue weighted by Gasteiger charge is -2.07. The van der Waals surface area contributed by atoms with Crippen LogP contribution in [-0.4, -0.2) is 10.8 Å². The number of aromatic nitrogens is 1. The molecule has 3 rings (SSSR count). The SMILES string of the molecule is Cc1cc(C)cc(C(=O)c2cccc3cccnc23)c1. The molecule has 0 N–H and O–H groups in total. The Morgan fingerprint density at radius 3 is 2.40 bits per heavy atom. The Kier molecular flexibility index (Phi) is 3.07. The lowest BCUT2D eigenvalue weighted by molar-refractivity contribution is 0.104. The minimum Gasteiger partial charge on any atom is -0.289 e. The van der Waals surface area contributed by atoms with Crippen LogP contribution in [0, 0.1) is 13.8 Å². The van der Waals surface area contributed by atoms with Crippen LogP contribution in [0.5, 0.6) is 0 Å². The zero-order valence-corrected chi connectivity index (χ0v) is 11.6. The van der Waals surface area contributed by atoms with Crippen molar-refractivity contribution in [2.45, 2.75) is 13.8 Å². The number of nitrogens with zero attached hydrogens (tertiary/aromatic N) is 1. The molecule has 0 amide bonds. The molecule has 0 aliphatic carbocycles. The molecule has 2 aromatic carbocycles. The lowest BCUT2D eigenvalue weighted by Crippen LogP contribution is -2.04. The van der Waals surface area contributed by atoms with Gasteiger partial charge in [-0.15, -0.1) is 0 Å². The first-order valence-corrected chi connectivity index (χ1v) is 6.62. The summed E-state index contributed by atoms with van der Waals surface area (Å²) in [7, 11) is 0. The molecule has 0 bridgehead atoms. The second kappa shape index (κ2) is 4.89. The van der Waals surface area contributed by atoms with E-state index in [0.717, 1.165) is 27.6 Å². The van der Waals surface area contributed by atoms with Crippen LogP contribution in [0.1, 0.15) is 27.0 Å². The number of ketones is 1. The molecule has 1 aromatic heterocycles. The molecule has 0 unspecified atom stereocenters. The molecule has 0 saturated carbocycles. The molecule has 2 nitrogen and oxygen atoms in total.